The summed E-state index contributed by atoms with van der Waals surface area (Å²) in [6.07, 6.45) is 6.00. The van der Waals surface area contributed by atoms with E-state index >= 15 is 0 Å². The van der Waals surface area contributed by atoms with Gasteiger partial charge in [-0.1, -0.05) is 29.3 Å². The number of halogens is 2. The molecular weight excluding hydrogens is 321 g/mol. The summed E-state index contributed by atoms with van der Waals surface area (Å²) in [5, 5.41) is 19.3. The molecule has 0 saturated heterocycles. The highest BCUT2D eigenvalue weighted by Crippen LogP contribution is 2.42. The third kappa shape index (κ3) is 2.06. The number of aliphatic hydroxyl groups is 1. The van der Waals surface area contributed by atoms with Crippen LogP contribution < -0.4 is 0 Å². The maximum Gasteiger partial charge on any atom is 0.0835 e. The van der Waals surface area contributed by atoms with Crippen LogP contribution in [0.1, 0.15) is 18.5 Å². The zero-order valence-electron chi connectivity index (χ0n) is 11.8. The van der Waals surface area contributed by atoms with Crippen molar-refractivity contribution in [2.75, 3.05) is 0 Å². The van der Waals surface area contributed by atoms with Crippen LogP contribution >= 0.6 is 23.2 Å². The lowest BCUT2D eigenvalue weighted by molar-refractivity contribution is 0.149. The van der Waals surface area contributed by atoms with Crippen LogP contribution in [0.4, 0.5) is 0 Å². The lowest BCUT2D eigenvalue weighted by Crippen LogP contribution is -2.14. The molecule has 1 aliphatic heterocycles. The van der Waals surface area contributed by atoms with Gasteiger partial charge in [-0.25, -0.2) is 0 Å². The number of aliphatic hydroxyl groups excluding tert-OH is 1. The van der Waals surface area contributed by atoms with Crippen LogP contribution in [0.15, 0.2) is 24.5 Å². The zero-order valence-corrected chi connectivity index (χ0v) is 13.3. The largest absolute Gasteiger partial charge is 0.391 e. The van der Waals surface area contributed by atoms with Crippen molar-refractivity contribution in [1.82, 2.24) is 14.8 Å². The monoisotopic (exact) mass is 335 g/mol. The molecule has 2 aromatic heterocycles. The highest BCUT2D eigenvalue weighted by atomic mass is 35.5. The van der Waals surface area contributed by atoms with Gasteiger partial charge in [0, 0.05) is 34.9 Å². The lowest BCUT2D eigenvalue weighted by Gasteiger charge is -2.11. The average Bonchev–Trinajstić information content (AvgIpc) is 3.06. The number of hydrogen-bond acceptors (Lipinski definition) is 2. The molecule has 4 rings (SSSR count). The van der Waals surface area contributed by atoms with Crippen molar-refractivity contribution in [3.63, 3.8) is 0 Å². The van der Waals surface area contributed by atoms with Gasteiger partial charge in [-0.2, -0.15) is 5.10 Å². The molecule has 3 aromatic rings. The van der Waals surface area contributed by atoms with Crippen molar-refractivity contribution in [2.24, 2.45) is 0 Å². The molecule has 1 aromatic carbocycles. The van der Waals surface area contributed by atoms with E-state index in [1.165, 1.54) is 5.69 Å². The maximum absolute atomic E-state index is 10.2. The molecule has 0 amide bonds. The van der Waals surface area contributed by atoms with Gasteiger partial charge >= 0.3 is 0 Å². The number of H-pyrrole nitrogens is 1. The summed E-state index contributed by atoms with van der Waals surface area (Å²) in [4.78, 5) is 0. The van der Waals surface area contributed by atoms with Gasteiger partial charge in [0.25, 0.3) is 0 Å². The summed E-state index contributed by atoms with van der Waals surface area (Å²) in [7, 11) is 0. The minimum atomic E-state index is -0.357. The van der Waals surface area contributed by atoms with Crippen LogP contribution in [0.5, 0.6) is 0 Å². The summed E-state index contributed by atoms with van der Waals surface area (Å²) >= 11 is 12.7. The lowest BCUT2D eigenvalue weighted by atomic mass is 10.0. The van der Waals surface area contributed by atoms with Crippen molar-refractivity contribution >= 4 is 34.1 Å². The van der Waals surface area contributed by atoms with Gasteiger partial charge < -0.3 is 9.67 Å². The molecule has 0 spiro atoms. The number of nitrogens with one attached hydrogen (secondary N) is 1. The molecule has 2 N–H and O–H groups in total. The molecule has 3 heterocycles. The van der Waals surface area contributed by atoms with E-state index in [0.29, 0.717) is 16.6 Å². The predicted octanol–water partition coefficient (Wildman–Crippen LogP) is 4.04. The molecule has 0 aliphatic carbocycles. The van der Waals surface area contributed by atoms with Gasteiger partial charge in [0.1, 0.15) is 0 Å². The third-order valence-corrected chi connectivity index (χ3v) is 5.15. The molecule has 0 fully saturated rings. The quantitative estimate of drug-likeness (QED) is 0.705. The van der Waals surface area contributed by atoms with E-state index in [9.17, 15) is 5.11 Å². The van der Waals surface area contributed by atoms with E-state index in [1.807, 2.05) is 24.5 Å². The first-order valence-electron chi connectivity index (χ1n) is 7.33. The van der Waals surface area contributed by atoms with Gasteiger partial charge in [0.2, 0.25) is 0 Å². The van der Waals surface area contributed by atoms with Crippen LogP contribution in [0.3, 0.4) is 0 Å². The highest BCUT2D eigenvalue weighted by Gasteiger charge is 2.25. The first kappa shape index (κ1) is 14.1. The summed E-state index contributed by atoms with van der Waals surface area (Å²) < 4.78 is 2.13. The Hall–Kier alpha value is -1.49. The summed E-state index contributed by atoms with van der Waals surface area (Å²) in [5.41, 5.74) is 4.27. The van der Waals surface area contributed by atoms with Crippen molar-refractivity contribution in [2.45, 2.75) is 31.9 Å². The van der Waals surface area contributed by atoms with E-state index < -0.39 is 0 Å². The molecule has 22 heavy (non-hydrogen) atoms. The fourth-order valence-electron chi connectivity index (χ4n) is 3.41. The van der Waals surface area contributed by atoms with Crippen LogP contribution in [-0.4, -0.2) is 26.0 Å². The topological polar surface area (TPSA) is 53.8 Å². The SMILES string of the molecule is OC1CCCc2c(-c3cn[nH]c3)c3ccc(Cl)c(Cl)c3n2C1. The second-order valence-corrected chi connectivity index (χ2v) is 6.51. The summed E-state index contributed by atoms with van der Waals surface area (Å²) in [6.45, 7) is 0.545. The number of nitrogens with zero attached hydrogens (tertiary/aromatic N) is 2. The minimum Gasteiger partial charge on any atom is -0.391 e. The third-order valence-electron chi connectivity index (χ3n) is 4.35. The zero-order chi connectivity index (χ0) is 15.3. The Kier molecular flexibility index (Phi) is 3.40. The molecule has 0 saturated carbocycles. The smallest absolute Gasteiger partial charge is 0.0835 e. The average molecular weight is 336 g/mol. The number of aromatic amines is 1. The molecule has 6 heteroatoms. The first-order valence-corrected chi connectivity index (χ1v) is 8.08. The van der Waals surface area contributed by atoms with Crippen LogP contribution in [0.2, 0.25) is 10.0 Å². The van der Waals surface area contributed by atoms with Gasteiger partial charge in [0.05, 0.1) is 27.9 Å². The second kappa shape index (κ2) is 5.30. The van der Waals surface area contributed by atoms with Crippen molar-refractivity contribution in [3.8, 4) is 11.1 Å². The number of aromatic nitrogens is 3. The van der Waals surface area contributed by atoms with E-state index in [0.717, 1.165) is 41.3 Å². The molecule has 0 bridgehead atoms. The Morgan fingerprint density at radius 3 is 2.95 bits per heavy atom. The Balaban J connectivity index is 2.11. The number of benzene rings is 1. The van der Waals surface area contributed by atoms with Gasteiger partial charge in [-0.3, -0.25) is 5.10 Å². The Bertz CT molecular complexity index is 839. The van der Waals surface area contributed by atoms with E-state index in [1.54, 1.807) is 0 Å². The van der Waals surface area contributed by atoms with E-state index in [-0.39, 0.29) is 6.10 Å². The van der Waals surface area contributed by atoms with E-state index in [4.69, 9.17) is 23.2 Å². The van der Waals surface area contributed by atoms with Crippen molar-refractivity contribution in [3.05, 3.63) is 40.3 Å². The Morgan fingerprint density at radius 1 is 1.32 bits per heavy atom. The second-order valence-electron chi connectivity index (χ2n) is 5.72. The number of hydrogen-bond donors (Lipinski definition) is 2. The summed E-state index contributed by atoms with van der Waals surface area (Å²) in [6, 6.07) is 3.83. The number of rotatable bonds is 1. The molecule has 4 nitrogen and oxygen atoms in total. The van der Waals surface area contributed by atoms with Crippen LogP contribution in [-0.2, 0) is 13.0 Å². The number of fused-ring (bicyclic) bond motifs is 3. The Labute approximate surface area is 137 Å². The molecule has 1 atom stereocenters. The van der Waals surface area contributed by atoms with Crippen molar-refractivity contribution < 1.29 is 5.11 Å². The standard InChI is InChI=1S/C16H15Cl2N3O/c17-12-5-4-11-14(9-6-19-20-7-9)13-3-1-2-10(22)8-21(13)16(11)15(12)18/h4-7,10,22H,1-3,8H2,(H,19,20). The molecular formula is C16H15Cl2N3O. The fraction of sp³-hybridized carbons (Fsp3) is 0.312. The van der Waals surface area contributed by atoms with Gasteiger partial charge in [-0.15, -0.1) is 0 Å². The molecule has 114 valence electrons. The Morgan fingerprint density at radius 2 is 2.18 bits per heavy atom. The normalized spacial score (nSPS) is 18.4. The molecule has 1 unspecified atom stereocenters. The first-order chi connectivity index (χ1) is 10.7. The highest BCUT2D eigenvalue weighted by molar-refractivity contribution is 6.45. The fourth-order valence-corrected chi connectivity index (χ4v) is 3.83. The van der Waals surface area contributed by atoms with Gasteiger partial charge in [0.15, 0.2) is 0 Å². The molecule has 1 aliphatic rings. The van der Waals surface area contributed by atoms with Crippen LogP contribution in [0.25, 0.3) is 22.0 Å². The minimum absolute atomic E-state index is 0.357. The van der Waals surface area contributed by atoms with Crippen molar-refractivity contribution in [1.29, 1.82) is 0 Å². The summed E-state index contributed by atoms with van der Waals surface area (Å²) in [5.74, 6) is 0. The van der Waals surface area contributed by atoms with Crippen LogP contribution in [0, 0.1) is 0 Å². The maximum atomic E-state index is 10.2. The molecule has 0 radical (unpaired) electrons. The van der Waals surface area contributed by atoms with E-state index in [2.05, 4.69) is 14.8 Å². The predicted molar refractivity (Wildman–Crippen MR) is 88.5 cm³/mol. The van der Waals surface area contributed by atoms with Gasteiger partial charge in [-0.05, 0) is 25.3 Å².